The molecule has 0 spiro atoms. The first kappa shape index (κ1) is 29.7. The van der Waals surface area contributed by atoms with Crippen LogP contribution in [0.2, 0.25) is 0 Å². The number of hydrogen-bond acceptors (Lipinski definition) is 3. The van der Waals surface area contributed by atoms with Crippen LogP contribution in [0.3, 0.4) is 0 Å². The number of ether oxygens (including phenoxy) is 2. The predicted octanol–water partition coefficient (Wildman–Crippen LogP) is 8.43. The summed E-state index contributed by atoms with van der Waals surface area (Å²) < 4.78 is 11.7. The summed E-state index contributed by atoms with van der Waals surface area (Å²) in [5.74, 6) is 0.850. The molecule has 0 saturated heterocycles. The van der Waals surface area contributed by atoms with Crippen LogP contribution in [0.4, 0.5) is 0 Å². The van der Waals surface area contributed by atoms with Crippen molar-refractivity contribution in [3.63, 3.8) is 0 Å². The molecule has 0 amide bonds. The molecule has 0 aliphatic rings. The third-order valence-corrected chi connectivity index (χ3v) is 5.99. The molecule has 0 fully saturated rings. The Morgan fingerprint density at radius 3 is 2.24 bits per heavy atom. The average molecular weight is 461 g/mol. The lowest BCUT2D eigenvalue weighted by Gasteiger charge is -2.27. The van der Waals surface area contributed by atoms with E-state index in [-0.39, 0.29) is 5.60 Å². The SMILES string of the molecule is CCCC/C=C/CCCCCCCCCc1cccc(OCC(O)CC(C)(C)OCCC)c1. The van der Waals surface area contributed by atoms with Crippen LogP contribution >= 0.6 is 0 Å². The van der Waals surface area contributed by atoms with Gasteiger partial charge in [0.05, 0.1) is 11.7 Å². The van der Waals surface area contributed by atoms with Crippen molar-refractivity contribution in [2.45, 2.75) is 129 Å². The highest BCUT2D eigenvalue weighted by atomic mass is 16.5. The molecular formula is C30H52O3. The molecule has 1 atom stereocenters. The smallest absolute Gasteiger partial charge is 0.119 e. The van der Waals surface area contributed by atoms with Crippen LogP contribution in [0, 0.1) is 0 Å². The van der Waals surface area contributed by atoms with E-state index in [1.165, 1.54) is 76.2 Å². The van der Waals surface area contributed by atoms with Crippen LogP contribution in [-0.4, -0.2) is 30.0 Å². The van der Waals surface area contributed by atoms with Crippen LogP contribution in [0.5, 0.6) is 5.75 Å². The van der Waals surface area contributed by atoms with Crippen molar-refractivity contribution in [2.24, 2.45) is 0 Å². The molecule has 0 aromatic heterocycles. The van der Waals surface area contributed by atoms with E-state index in [2.05, 4.69) is 44.2 Å². The molecule has 3 nitrogen and oxygen atoms in total. The fourth-order valence-electron chi connectivity index (χ4n) is 4.08. The number of allylic oxidation sites excluding steroid dienone is 2. The highest BCUT2D eigenvalue weighted by Gasteiger charge is 2.23. The lowest BCUT2D eigenvalue weighted by atomic mass is 10.0. The summed E-state index contributed by atoms with van der Waals surface area (Å²) in [6.45, 7) is 9.42. The van der Waals surface area contributed by atoms with E-state index in [0.717, 1.165) is 25.2 Å². The molecule has 190 valence electrons. The van der Waals surface area contributed by atoms with Gasteiger partial charge in [0.25, 0.3) is 0 Å². The molecule has 1 unspecified atom stereocenters. The molecule has 3 heteroatoms. The van der Waals surface area contributed by atoms with Gasteiger partial charge in [-0.05, 0) is 70.1 Å². The Bertz CT molecular complexity index is 608. The monoisotopic (exact) mass is 460 g/mol. The molecule has 0 saturated carbocycles. The van der Waals surface area contributed by atoms with Gasteiger partial charge in [-0.25, -0.2) is 0 Å². The van der Waals surface area contributed by atoms with Gasteiger partial charge in [-0.1, -0.05) is 83.1 Å². The van der Waals surface area contributed by atoms with Gasteiger partial charge in [0.1, 0.15) is 12.4 Å². The zero-order valence-electron chi connectivity index (χ0n) is 22.1. The molecule has 0 bridgehead atoms. The van der Waals surface area contributed by atoms with Crippen molar-refractivity contribution < 1.29 is 14.6 Å². The topological polar surface area (TPSA) is 38.7 Å². The second-order valence-corrected chi connectivity index (χ2v) is 10.1. The van der Waals surface area contributed by atoms with Crippen molar-refractivity contribution in [3.8, 4) is 5.75 Å². The lowest BCUT2D eigenvalue weighted by molar-refractivity contribution is -0.0556. The molecule has 1 N–H and O–H groups in total. The maximum absolute atomic E-state index is 10.3. The third-order valence-electron chi connectivity index (χ3n) is 5.99. The number of hydrogen-bond donors (Lipinski definition) is 1. The summed E-state index contributed by atoms with van der Waals surface area (Å²) in [7, 11) is 0. The molecule has 0 heterocycles. The average Bonchev–Trinajstić information content (AvgIpc) is 2.79. The summed E-state index contributed by atoms with van der Waals surface area (Å²) in [4.78, 5) is 0. The second kappa shape index (κ2) is 19.0. The minimum atomic E-state index is -0.530. The Kier molecular flexibility index (Phi) is 17.1. The summed E-state index contributed by atoms with van der Waals surface area (Å²) in [6.07, 6.45) is 21.3. The number of rotatable bonds is 21. The molecule has 1 rings (SSSR count). The Morgan fingerprint density at radius 2 is 1.55 bits per heavy atom. The zero-order valence-corrected chi connectivity index (χ0v) is 22.1. The highest BCUT2D eigenvalue weighted by Crippen LogP contribution is 2.20. The number of aliphatic hydroxyl groups is 1. The third kappa shape index (κ3) is 16.9. The Balaban J connectivity index is 2.12. The molecule has 0 radical (unpaired) electrons. The van der Waals surface area contributed by atoms with Gasteiger partial charge in [0, 0.05) is 13.0 Å². The maximum atomic E-state index is 10.3. The van der Waals surface area contributed by atoms with E-state index < -0.39 is 6.10 Å². The van der Waals surface area contributed by atoms with Crippen LogP contribution in [0.25, 0.3) is 0 Å². The Hall–Kier alpha value is -1.32. The minimum absolute atomic E-state index is 0.302. The van der Waals surface area contributed by atoms with E-state index in [4.69, 9.17) is 9.47 Å². The first-order chi connectivity index (χ1) is 16.0. The van der Waals surface area contributed by atoms with Gasteiger partial charge in [-0.2, -0.15) is 0 Å². The van der Waals surface area contributed by atoms with E-state index in [1.54, 1.807) is 0 Å². The Morgan fingerprint density at radius 1 is 0.879 bits per heavy atom. The summed E-state index contributed by atoms with van der Waals surface area (Å²) >= 11 is 0. The van der Waals surface area contributed by atoms with Crippen molar-refractivity contribution in [3.05, 3.63) is 42.0 Å². The van der Waals surface area contributed by atoms with Gasteiger partial charge in [-0.3, -0.25) is 0 Å². The molecular weight excluding hydrogens is 408 g/mol. The standard InChI is InChI=1S/C30H52O3/c1-5-7-8-9-10-11-12-13-14-15-16-17-18-20-27-21-19-22-29(24-27)32-26-28(31)25-30(3,4)33-23-6-2/h9-10,19,21-22,24,28,31H,5-8,11-18,20,23,25-26H2,1-4H3/b10-9+. The van der Waals surface area contributed by atoms with E-state index >= 15 is 0 Å². The molecule has 33 heavy (non-hydrogen) atoms. The molecule has 1 aromatic carbocycles. The van der Waals surface area contributed by atoms with Gasteiger partial charge in [-0.15, -0.1) is 0 Å². The maximum Gasteiger partial charge on any atom is 0.119 e. The second-order valence-electron chi connectivity index (χ2n) is 10.1. The fraction of sp³-hybridized carbons (Fsp3) is 0.733. The predicted molar refractivity (Wildman–Crippen MR) is 142 cm³/mol. The first-order valence-corrected chi connectivity index (χ1v) is 13.7. The first-order valence-electron chi connectivity index (χ1n) is 13.7. The molecule has 1 aromatic rings. The largest absolute Gasteiger partial charge is 0.491 e. The van der Waals surface area contributed by atoms with Crippen LogP contribution in [-0.2, 0) is 11.2 Å². The normalized spacial score (nSPS) is 13.0. The van der Waals surface area contributed by atoms with Crippen LogP contribution < -0.4 is 4.74 Å². The van der Waals surface area contributed by atoms with Crippen molar-refractivity contribution in [2.75, 3.05) is 13.2 Å². The van der Waals surface area contributed by atoms with Gasteiger partial charge < -0.3 is 14.6 Å². The van der Waals surface area contributed by atoms with Gasteiger partial charge in [0.15, 0.2) is 0 Å². The van der Waals surface area contributed by atoms with E-state index in [9.17, 15) is 5.11 Å². The van der Waals surface area contributed by atoms with Gasteiger partial charge >= 0.3 is 0 Å². The lowest BCUT2D eigenvalue weighted by Crippen LogP contribution is -2.33. The number of unbranched alkanes of at least 4 members (excludes halogenated alkanes) is 9. The number of aliphatic hydroxyl groups excluding tert-OH is 1. The molecule has 0 aliphatic heterocycles. The summed E-state index contributed by atoms with van der Waals surface area (Å²) in [5.41, 5.74) is 0.995. The Labute approximate surface area is 205 Å². The van der Waals surface area contributed by atoms with Crippen molar-refractivity contribution in [1.82, 2.24) is 0 Å². The highest BCUT2D eigenvalue weighted by molar-refractivity contribution is 5.28. The quantitative estimate of drug-likeness (QED) is 0.148. The molecule has 0 aliphatic carbocycles. The van der Waals surface area contributed by atoms with Crippen molar-refractivity contribution >= 4 is 0 Å². The number of aryl methyl sites for hydroxylation is 1. The zero-order chi connectivity index (χ0) is 24.2. The summed E-state index contributed by atoms with van der Waals surface area (Å²) in [5, 5.41) is 10.3. The van der Waals surface area contributed by atoms with Crippen LogP contribution in [0.1, 0.15) is 117 Å². The van der Waals surface area contributed by atoms with E-state index in [0.29, 0.717) is 13.0 Å². The van der Waals surface area contributed by atoms with Gasteiger partial charge in [0.2, 0.25) is 0 Å². The summed E-state index contributed by atoms with van der Waals surface area (Å²) in [6, 6.07) is 8.34. The van der Waals surface area contributed by atoms with Crippen LogP contribution in [0.15, 0.2) is 36.4 Å². The number of benzene rings is 1. The fourth-order valence-corrected chi connectivity index (χ4v) is 4.08. The van der Waals surface area contributed by atoms with Crippen molar-refractivity contribution in [1.29, 1.82) is 0 Å². The van der Waals surface area contributed by atoms with E-state index in [1.807, 2.05) is 19.9 Å². The minimum Gasteiger partial charge on any atom is -0.491 e.